The Hall–Kier alpha value is -2.88. The number of cyclic esters (lactones) is 1. The maximum Gasteiger partial charge on any atom is 0.509 e. The number of methoxy groups -OCH3 is 1. The zero-order valence-electron chi connectivity index (χ0n) is 19.4. The van der Waals surface area contributed by atoms with Gasteiger partial charge in [0.05, 0.1) is 26.3 Å². The summed E-state index contributed by atoms with van der Waals surface area (Å²) in [4.78, 5) is 36.1. The molecule has 1 unspecified atom stereocenters. The molecule has 2 rings (SSSR count). The molecule has 0 N–H and O–H groups in total. The van der Waals surface area contributed by atoms with Gasteiger partial charge >= 0.3 is 18.1 Å². The van der Waals surface area contributed by atoms with Crippen molar-refractivity contribution in [2.45, 2.75) is 59.2 Å². The number of alkyl halides is 3. The summed E-state index contributed by atoms with van der Waals surface area (Å²) in [6, 6.07) is 0. The van der Waals surface area contributed by atoms with E-state index in [0.29, 0.717) is 16.7 Å². The van der Waals surface area contributed by atoms with E-state index in [9.17, 15) is 32.7 Å². The topological polar surface area (TPSA) is 92.7 Å². The minimum atomic E-state index is -5.14. The molecule has 1 aliphatic heterocycles. The van der Waals surface area contributed by atoms with E-state index in [1.54, 1.807) is 26.8 Å². The van der Waals surface area contributed by atoms with Crippen LogP contribution in [0.4, 0.5) is 18.9 Å². The minimum absolute atomic E-state index is 0.0292. The normalized spacial score (nSPS) is 15.6. The Kier molecular flexibility index (Phi) is 7.95. The number of hydrogen-bond acceptors (Lipinski definition) is 6. The predicted molar refractivity (Wildman–Crippen MR) is 112 cm³/mol. The Balaban J connectivity index is 2.85. The SMILES string of the molecule is CCC[N+](C)(C(=O)C(F)(F)F)c1c(C/C=C(\C)CCC(=O)[O-])c(OC)c(C)c2c1C(=O)OC2. The molecule has 0 bridgehead atoms. The van der Waals surface area contributed by atoms with Gasteiger partial charge in [0.15, 0.2) is 5.69 Å². The fourth-order valence-electron chi connectivity index (χ4n) is 4.29. The Morgan fingerprint density at radius 1 is 1.27 bits per heavy atom. The molecule has 1 aromatic rings. The van der Waals surface area contributed by atoms with Crippen LogP contribution in [0.5, 0.6) is 5.75 Å². The Morgan fingerprint density at radius 2 is 1.91 bits per heavy atom. The van der Waals surface area contributed by atoms with E-state index in [-0.39, 0.29) is 61.4 Å². The van der Waals surface area contributed by atoms with Crippen molar-refractivity contribution in [1.82, 2.24) is 4.48 Å². The number of ether oxygens (including phenoxy) is 2. The summed E-state index contributed by atoms with van der Waals surface area (Å²) in [5, 5.41) is 10.8. The summed E-state index contributed by atoms with van der Waals surface area (Å²) in [5.74, 6) is -3.75. The molecule has 1 atom stereocenters. The fraction of sp³-hybridized carbons (Fsp3) is 0.522. The van der Waals surface area contributed by atoms with Crippen LogP contribution in [-0.4, -0.2) is 44.7 Å². The first-order valence-corrected chi connectivity index (χ1v) is 10.5. The van der Waals surface area contributed by atoms with E-state index >= 15 is 0 Å². The van der Waals surface area contributed by atoms with Crippen molar-refractivity contribution in [1.29, 1.82) is 0 Å². The van der Waals surface area contributed by atoms with Gasteiger partial charge in [-0.2, -0.15) is 13.2 Å². The molecule has 10 heteroatoms. The van der Waals surface area contributed by atoms with Crippen LogP contribution in [0.25, 0.3) is 0 Å². The molecule has 0 fully saturated rings. The number of quaternary nitrogens is 1. The van der Waals surface area contributed by atoms with Crippen molar-refractivity contribution in [3.05, 3.63) is 33.9 Å². The van der Waals surface area contributed by atoms with Crippen molar-refractivity contribution in [2.75, 3.05) is 20.7 Å². The van der Waals surface area contributed by atoms with Crippen molar-refractivity contribution < 1.29 is 42.1 Å². The van der Waals surface area contributed by atoms with Crippen LogP contribution < -0.4 is 14.3 Å². The molecule has 1 amide bonds. The summed E-state index contributed by atoms with van der Waals surface area (Å²) in [6.07, 6.45) is -3.24. The van der Waals surface area contributed by atoms with Crippen molar-refractivity contribution >= 4 is 23.5 Å². The average Bonchev–Trinajstić information content (AvgIpc) is 3.11. The quantitative estimate of drug-likeness (QED) is 0.312. The lowest BCUT2D eigenvalue weighted by Gasteiger charge is -2.34. The highest BCUT2D eigenvalue weighted by atomic mass is 19.4. The third-order valence-corrected chi connectivity index (χ3v) is 5.88. The second-order valence-electron chi connectivity index (χ2n) is 8.26. The molecular weight excluding hydrogens is 443 g/mol. The molecule has 7 nitrogen and oxygen atoms in total. The van der Waals surface area contributed by atoms with E-state index < -0.39 is 28.5 Å². The second-order valence-corrected chi connectivity index (χ2v) is 8.26. The zero-order chi connectivity index (χ0) is 25.1. The zero-order valence-corrected chi connectivity index (χ0v) is 19.4. The van der Waals surface area contributed by atoms with Gasteiger partial charge in [0.2, 0.25) is 0 Å². The number of rotatable bonds is 9. The molecule has 1 heterocycles. The highest BCUT2D eigenvalue weighted by molar-refractivity contribution is 6.05. The summed E-state index contributed by atoms with van der Waals surface area (Å²) >= 11 is 0. The summed E-state index contributed by atoms with van der Waals surface area (Å²) in [5.41, 5.74) is 1.72. The molecule has 182 valence electrons. The first kappa shape index (κ1) is 26.4. The van der Waals surface area contributed by atoms with Gasteiger partial charge in [-0.25, -0.2) is 14.1 Å². The number of halogens is 3. The average molecular weight is 471 g/mol. The molecule has 0 aliphatic carbocycles. The molecule has 33 heavy (non-hydrogen) atoms. The molecule has 0 saturated heterocycles. The van der Waals surface area contributed by atoms with E-state index in [0.717, 1.165) is 7.05 Å². The first-order valence-electron chi connectivity index (χ1n) is 10.5. The van der Waals surface area contributed by atoms with Gasteiger partial charge in [0, 0.05) is 18.0 Å². The van der Waals surface area contributed by atoms with Crippen LogP contribution in [0, 0.1) is 6.92 Å². The van der Waals surface area contributed by atoms with Crippen molar-refractivity contribution in [2.24, 2.45) is 0 Å². The molecule has 1 aromatic carbocycles. The number of aliphatic carboxylic acids is 1. The highest BCUT2D eigenvalue weighted by Gasteiger charge is 2.56. The van der Waals surface area contributed by atoms with Crippen LogP contribution in [0.1, 0.15) is 60.2 Å². The third-order valence-electron chi connectivity index (χ3n) is 5.88. The fourth-order valence-corrected chi connectivity index (χ4v) is 4.29. The van der Waals surface area contributed by atoms with E-state index in [1.807, 2.05) is 0 Å². The molecule has 1 aliphatic rings. The Labute approximate surface area is 190 Å². The molecule has 0 spiro atoms. The first-order chi connectivity index (χ1) is 15.3. The number of amides is 1. The summed E-state index contributed by atoms with van der Waals surface area (Å²) in [7, 11) is 2.51. The van der Waals surface area contributed by atoms with Crippen molar-refractivity contribution in [3.8, 4) is 5.75 Å². The molecule has 0 saturated carbocycles. The lowest BCUT2D eigenvalue weighted by molar-refractivity contribution is -0.305. The van der Waals surface area contributed by atoms with Gasteiger partial charge in [0.1, 0.15) is 17.9 Å². The largest absolute Gasteiger partial charge is 0.550 e. The van der Waals surface area contributed by atoms with Crippen LogP contribution in [-0.2, 0) is 27.4 Å². The minimum Gasteiger partial charge on any atom is -0.550 e. The van der Waals surface area contributed by atoms with Gasteiger partial charge < -0.3 is 19.4 Å². The maximum atomic E-state index is 13.7. The van der Waals surface area contributed by atoms with Gasteiger partial charge in [-0.3, -0.25) is 0 Å². The number of esters is 1. The number of carbonyl (C=O) groups is 3. The van der Waals surface area contributed by atoms with Crippen LogP contribution in [0.3, 0.4) is 0 Å². The molecule has 0 aromatic heterocycles. The second kappa shape index (κ2) is 9.94. The van der Waals surface area contributed by atoms with Crippen LogP contribution in [0.2, 0.25) is 0 Å². The van der Waals surface area contributed by atoms with Gasteiger partial charge in [-0.1, -0.05) is 18.6 Å². The third kappa shape index (κ3) is 5.21. The van der Waals surface area contributed by atoms with Gasteiger partial charge in [-0.05, 0) is 38.7 Å². The summed E-state index contributed by atoms with van der Waals surface area (Å²) in [6.45, 7) is 4.68. The highest BCUT2D eigenvalue weighted by Crippen LogP contribution is 2.46. The number of carboxylic acids is 1. The van der Waals surface area contributed by atoms with Gasteiger partial charge in [-0.15, -0.1) is 0 Å². The number of allylic oxidation sites excluding steroid dienone is 2. The number of carboxylic acid groups (broad SMARTS) is 1. The van der Waals surface area contributed by atoms with E-state index in [2.05, 4.69) is 0 Å². The van der Waals surface area contributed by atoms with E-state index in [4.69, 9.17) is 9.47 Å². The van der Waals surface area contributed by atoms with Crippen LogP contribution in [0.15, 0.2) is 11.6 Å². The molecular formula is C23H28F3NO6. The van der Waals surface area contributed by atoms with Crippen molar-refractivity contribution in [3.63, 3.8) is 0 Å². The monoisotopic (exact) mass is 471 g/mol. The number of carbonyl (C=O) groups excluding carboxylic acids is 3. The summed E-state index contributed by atoms with van der Waals surface area (Å²) < 4.78 is 50.6. The van der Waals surface area contributed by atoms with Gasteiger partial charge in [0.25, 0.3) is 0 Å². The van der Waals surface area contributed by atoms with Crippen LogP contribution >= 0.6 is 0 Å². The van der Waals surface area contributed by atoms with E-state index in [1.165, 1.54) is 7.11 Å². The lowest BCUT2D eigenvalue weighted by Crippen LogP contribution is -2.58. The maximum absolute atomic E-state index is 13.7. The smallest absolute Gasteiger partial charge is 0.509 e. The number of benzene rings is 1. The standard InChI is InChI=1S/C23H28F3NO6/c1-6-11-27(4,22(31)23(24,25)26)19-15(9-7-13(2)8-10-17(28)29)20(32-5)14(3)16-12-33-21(30)18(16)19/h7H,6,8-12H2,1-5H3/b13-7+. The lowest BCUT2D eigenvalue weighted by atomic mass is 9.91. The number of nitrogens with zero attached hydrogens (tertiary/aromatic N) is 1. The number of fused-ring (bicyclic) bond motifs is 1. The predicted octanol–water partition coefficient (Wildman–Crippen LogP) is 3.13. The molecule has 0 radical (unpaired) electrons. The Morgan fingerprint density at radius 3 is 2.42 bits per heavy atom. The Bertz CT molecular complexity index is 999. The number of hydrogen-bond donors (Lipinski definition) is 0.